The second-order valence-electron chi connectivity index (χ2n) is 7.72. The highest BCUT2D eigenvalue weighted by Gasteiger charge is 2.35. The Bertz CT molecular complexity index is 1000. The Hall–Kier alpha value is -2.42. The van der Waals surface area contributed by atoms with Crippen LogP contribution < -0.4 is 0 Å². The average molecular weight is 392 g/mol. The zero-order valence-corrected chi connectivity index (χ0v) is 16.2. The van der Waals surface area contributed by atoms with E-state index in [1.165, 1.54) is 0 Å². The molecular weight excluding hydrogens is 369 g/mol. The van der Waals surface area contributed by atoms with Gasteiger partial charge in [0.2, 0.25) is 5.78 Å². The largest absolute Gasteiger partial charge is 0.434 e. The Balaban J connectivity index is 1.44. The number of aromatic nitrogens is 5. The molecule has 0 fully saturated rings. The van der Waals surface area contributed by atoms with E-state index < -0.39 is 11.9 Å². The van der Waals surface area contributed by atoms with E-state index in [-0.39, 0.29) is 5.92 Å². The van der Waals surface area contributed by atoms with Crippen LogP contribution in [-0.2, 0) is 25.7 Å². The molecule has 9 heteroatoms. The van der Waals surface area contributed by atoms with Crippen LogP contribution in [0, 0.1) is 19.8 Å². The van der Waals surface area contributed by atoms with E-state index in [4.69, 9.17) is 0 Å². The maximum absolute atomic E-state index is 12.9. The van der Waals surface area contributed by atoms with Gasteiger partial charge in [0.05, 0.1) is 11.9 Å². The Kier molecular flexibility index (Phi) is 4.65. The van der Waals surface area contributed by atoms with E-state index in [9.17, 15) is 13.2 Å². The molecule has 3 aromatic rings. The molecule has 0 radical (unpaired) electrons. The lowest BCUT2D eigenvalue weighted by Crippen LogP contribution is -2.31. The van der Waals surface area contributed by atoms with Crippen LogP contribution in [0.2, 0.25) is 0 Å². The first kappa shape index (κ1) is 18.9. The van der Waals surface area contributed by atoms with Crippen LogP contribution in [0.3, 0.4) is 0 Å². The normalized spacial score (nSPS) is 17.5. The molecule has 0 aliphatic carbocycles. The van der Waals surface area contributed by atoms with Gasteiger partial charge in [-0.1, -0.05) is 0 Å². The summed E-state index contributed by atoms with van der Waals surface area (Å²) in [5.41, 5.74) is 2.29. The molecule has 1 atom stereocenters. The van der Waals surface area contributed by atoms with Gasteiger partial charge in [-0.15, -0.1) is 0 Å². The fraction of sp³-hybridized carbons (Fsp3) is 0.526. The fourth-order valence-electron chi connectivity index (χ4n) is 4.09. The Morgan fingerprint density at radius 1 is 1.25 bits per heavy atom. The van der Waals surface area contributed by atoms with Crippen LogP contribution in [0.1, 0.15) is 35.0 Å². The first-order valence-corrected chi connectivity index (χ1v) is 9.33. The smallest absolute Gasteiger partial charge is 0.334 e. The first-order chi connectivity index (χ1) is 13.2. The SMILES string of the molecule is Cc1cc(C)n2c(CN(C)C[C@@H]3CCc4nc(C(F)(F)F)cn4C3)cnc2n1. The summed E-state index contributed by atoms with van der Waals surface area (Å²) in [5.74, 6) is 1.51. The van der Waals surface area contributed by atoms with E-state index in [0.717, 1.165) is 36.2 Å². The maximum Gasteiger partial charge on any atom is 0.434 e. The predicted octanol–water partition coefficient (Wildman–Crippen LogP) is 3.26. The van der Waals surface area contributed by atoms with Gasteiger partial charge < -0.3 is 9.47 Å². The molecule has 0 N–H and O–H groups in total. The van der Waals surface area contributed by atoms with Gasteiger partial charge in [-0.05, 0) is 39.3 Å². The number of aryl methyl sites for hydroxylation is 3. The molecule has 0 amide bonds. The molecule has 0 saturated carbocycles. The number of nitrogens with zero attached hydrogens (tertiary/aromatic N) is 6. The van der Waals surface area contributed by atoms with Crippen molar-refractivity contribution in [2.75, 3.05) is 13.6 Å². The summed E-state index contributed by atoms with van der Waals surface area (Å²) in [7, 11) is 2.03. The summed E-state index contributed by atoms with van der Waals surface area (Å²) in [5, 5.41) is 0. The second kappa shape index (κ2) is 6.88. The summed E-state index contributed by atoms with van der Waals surface area (Å²) in [6.45, 7) is 6.05. The van der Waals surface area contributed by atoms with Crippen LogP contribution in [-0.4, -0.2) is 42.4 Å². The molecule has 0 saturated heterocycles. The zero-order chi connectivity index (χ0) is 20.1. The minimum atomic E-state index is -4.38. The minimum absolute atomic E-state index is 0.286. The third-order valence-electron chi connectivity index (χ3n) is 5.25. The standard InChI is InChI=1S/C19H23F3N6/c1-12-6-13(2)28-15(7-23-18(28)24-12)10-26(3)8-14-4-5-17-25-16(19(20,21)22)11-27(17)9-14/h6-7,11,14H,4-5,8-10H2,1-3H3/t14-/m0/s1. The molecule has 4 rings (SSSR count). The number of alkyl halides is 3. The average Bonchev–Trinajstić information content (AvgIpc) is 3.18. The predicted molar refractivity (Wildman–Crippen MR) is 97.8 cm³/mol. The molecule has 4 heterocycles. The molecule has 3 aromatic heterocycles. The van der Waals surface area contributed by atoms with Gasteiger partial charge in [-0.2, -0.15) is 13.2 Å². The number of fused-ring (bicyclic) bond motifs is 2. The van der Waals surface area contributed by atoms with Gasteiger partial charge in [0.25, 0.3) is 0 Å². The van der Waals surface area contributed by atoms with E-state index in [1.807, 2.05) is 37.6 Å². The number of halogens is 3. The fourth-order valence-corrected chi connectivity index (χ4v) is 4.09. The third-order valence-corrected chi connectivity index (χ3v) is 5.25. The molecule has 1 aliphatic rings. The van der Waals surface area contributed by atoms with Gasteiger partial charge in [-0.3, -0.25) is 4.40 Å². The van der Waals surface area contributed by atoms with Crippen molar-refractivity contribution in [2.45, 2.75) is 46.0 Å². The number of hydrogen-bond donors (Lipinski definition) is 0. The quantitative estimate of drug-likeness (QED) is 0.684. The van der Waals surface area contributed by atoms with Crippen molar-refractivity contribution in [3.63, 3.8) is 0 Å². The molecular formula is C19H23F3N6. The van der Waals surface area contributed by atoms with Crippen molar-refractivity contribution in [3.05, 3.63) is 47.1 Å². The van der Waals surface area contributed by atoms with Crippen LogP contribution in [0.4, 0.5) is 13.2 Å². The third kappa shape index (κ3) is 3.63. The molecule has 1 aliphatic heterocycles. The summed E-state index contributed by atoms with van der Waals surface area (Å²) in [6, 6.07) is 2.03. The van der Waals surface area contributed by atoms with E-state index in [1.54, 1.807) is 4.57 Å². The van der Waals surface area contributed by atoms with Gasteiger partial charge in [0.1, 0.15) is 5.82 Å². The molecule has 0 bridgehead atoms. The summed E-state index contributed by atoms with van der Waals surface area (Å²) >= 11 is 0. The lowest BCUT2D eigenvalue weighted by Gasteiger charge is -2.28. The second-order valence-corrected chi connectivity index (χ2v) is 7.72. The Labute approximate surface area is 161 Å². The van der Waals surface area contributed by atoms with Gasteiger partial charge in [-0.25, -0.2) is 15.0 Å². The topological polar surface area (TPSA) is 51.2 Å². The molecule has 0 unspecified atom stereocenters. The van der Waals surface area contributed by atoms with Crippen LogP contribution in [0.15, 0.2) is 18.5 Å². The first-order valence-electron chi connectivity index (χ1n) is 9.33. The van der Waals surface area contributed by atoms with Crippen molar-refractivity contribution in [1.82, 2.24) is 28.8 Å². The van der Waals surface area contributed by atoms with E-state index >= 15 is 0 Å². The highest BCUT2D eigenvalue weighted by molar-refractivity contribution is 5.35. The van der Waals surface area contributed by atoms with Crippen molar-refractivity contribution >= 4 is 5.78 Å². The van der Waals surface area contributed by atoms with Crippen molar-refractivity contribution in [2.24, 2.45) is 5.92 Å². The lowest BCUT2D eigenvalue weighted by atomic mass is 9.99. The summed E-state index contributed by atoms with van der Waals surface area (Å²) < 4.78 is 42.4. The van der Waals surface area contributed by atoms with Crippen molar-refractivity contribution in [1.29, 1.82) is 0 Å². The summed E-state index contributed by atoms with van der Waals surface area (Å²) in [6.07, 6.45) is 0.0150. The Morgan fingerprint density at radius 2 is 2.04 bits per heavy atom. The van der Waals surface area contributed by atoms with Crippen molar-refractivity contribution in [3.8, 4) is 0 Å². The van der Waals surface area contributed by atoms with E-state index in [2.05, 4.69) is 19.9 Å². The minimum Gasteiger partial charge on any atom is -0.334 e. The Morgan fingerprint density at radius 3 is 2.79 bits per heavy atom. The van der Waals surface area contributed by atoms with Gasteiger partial charge >= 0.3 is 6.18 Å². The zero-order valence-electron chi connectivity index (χ0n) is 16.2. The number of rotatable bonds is 4. The number of imidazole rings is 2. The molecule has 6 nitrogen and oxygen atoms in total. The monoisotopic (exact) mass is 392 g/mol. The molecule has 0 aromatic carbocycles. The van der Waals surface area contributed by atoms with Crippen LogP contribution >= 0.6 is 0 Å². The van der Waals surface area contributed by atoms with Gasteiger partial charge in [0, 0.05) is 43.6 Å². The highest BCUT2D eigenvalue weighted by atomic mass is 19.4. The summed E-state index contributed by atoms with van der Waals surface area (Å²) in [4.78, 5) is 14.8. The molecule has 0 spiro atoms. The molecule has 28 heavy (non-hydrogen) atoms. The van der Waals surface area contributed by atoms with E-state index in [0.29, 0.717) is 31.1 Å². The van der Waals surface area contributed by atoms with Crippen LogP contribution in [0.25, 0.3) is 5.78 Å². The highest BCUT2D eigenvalue weighted by Crippen LogP contribution is 2.30. The van der Waals surface area contributed by atoms with Crippen LogP contribution in [0.5, 0.6) is 0 Å². The van der Waals surface area contributed by atoms with Gasteiger partial charge in [0.15, 0.2) is 5.69 Å². The van der Waals surface area contributed by atoms with Crippen molar-refractivity contribution < 1.29 is 13.2 Å². The molecule has 150 valence electrons. The number of hydrogen-bond acceptors (Lipinski definition) is 4. The lowest BCUT2D eigenvalue weighted by molar-refractivity contribution is -0.141. The maximum atomic E-state index is 12.9.